The van der Waals surface area contributed by atoms with Gasteiger partial charge in [-0.05, 0) is 41.3 Å². The minimum absolute atomic E-state index is 0.0616. The van der Waals surface area contributed by atoms with Gasteiger partial charge in [-0.3, -0.25) is 9.59 Å². The predicted molar refractivity (Wildman–Crippen MR) is 125 cm³/mol. The molecular formula is C23H26N4O4S. The van der Waals surface area contributed by atoms with Crippen LogP contribution in [-0.2, 0) is 15.0 Å². The van der Waals surface area contributed by atoms with Crippen LogP contribution >= 0.6 is 11.8 Å². The van der Waals surface area contributed by atoms with Crippen LogP contribution in [0.15, 0.2) is 52.1 Å². The van der Waals surface area contributed by atoms with Crippen LogP contribution in [0.4, 0.5) is 11.4 Å². The first-order chi connectivity index (χ1) is 15.2. The molecule has 9 heteroatoms. The summed E-state index contributed by atoms with van der Waals surface area (Å²) >= 11 is 1.14. The summed E-state index contributed by atoms with van der Waals surface area (Å²) < 4.78 is 11.0. The van der Waals surface area contributed by atoms with E-state index in [1.807, 2.05) is 24.3 Å². The van der Waals surface area contributed by atoms with Gasteiger partial charge in [0.15, 0.2) is 0 Å². The molecule has 2 aromatic carbocycles. The fraction of sp³-hybridized carbons (Fsp3) is 0.304. The number of ether oxygens (including phenoxy) is 1. The molecule has 168 valence electrons. The molecule has 0 aliphatic rings. The predicted octanol–water partition coefficient (Wildman–Crippen LogP) is 4.73. The maximum Gasteiger partial charge on any atom is 0.277 e. The van der Waals surface area contributed by atoms with Gasteiger partial charge in [0, 0.05) is 18.2 Å². The lowest BCUT2D eigenvalue weighted by molar-refractivity contribution is -0.114. The number of carbonyl (C=O) groups excluding carboxylic acids is 2. The molecule has 0 atom stereocenters. The van der Waals surface area contributed by atoms with E-state index in [1.54, 1.807) is 18.2 Å². The van der Waals surface area contributed by atoms with Crippen molar-refractivity contribution in [2.45, 2.75) is 38.3 Å². The summed E-state index contributed by atoms with van der Waals surface area (Å²) in [7, 11) is 1.51. The number of anilines is 2. The molecule has 1 heterocycles. The molecule has 0 aliphatic carbocycles. The van der Waals surface area contributed by atoms with Crippen molar-refractivity contribution in [2.75, 3.05) is 23.5 Å². The molecule has 1 aromatic heterocycles. The molecule has 3 aromatic rings. The summed E-state index contributed by atoms with van der Waals surface area (Å²) in [4.78, 5) is 23.7. The molecule has 0 bridgehead atoms. The monoisotopic (exact) mass is 454 g/mol. The number of carbonyl (C=O) groups is 2. The Bertz CT molecular complexity index is 1100. The summed E-state index contributed by atoms with van der Waals surface area (Å²) in [6.45, 7) is 7.87. The van der Waals surface area contributed by atoms with Crippen LogP contribution in [0.25, 0.3) is 11.5 Å². The summed E-state index contributed by atoms with van der Waals surface area (Å²) in [5.74, 6) is 0.470. The number of methoxy groups -OCH3 is 1. The molecule has 2 N–H and O–H groups in total. The van der Waals surface area contributed by atoms with Gasteiger partial charge in [-0.1, -0.05) is 44.7 Å². The van der Waals surface area contributed by atoms with Gasteiger partial charge in [-0.15, -0.1) is 10.2 Å². The zero-order valence-electron chi connectivity index (χ0n) is 18.7. The van der Waals surface area contributed by atoms with Gasteiger partial charge in [0.25, 0.3) is 5.22 Å². The number of rotatable bonds is 7. The zero-order chi connectivity index (χ0) is 23.3. The number of hydrogen-bond acceptors (Lipinski definition) is 7. The fourth-order valence-electron chi connectivity index (χ4n) is 2.90. The number of amides is 2. The van der Waals surface area contributed by atoms with Crippen LogP contribution in [0.1, 0.15) is 33.3 Å². The largest absolute Gasteiger partial charge is 0.495 e. The van der Waals surface area contributed by atoms with Crippen LogP contribution < -0.4 is 15.4 Å². The van der Waals surface area contributed by atoms with Gasteiger partial charge < -0.3 is 19.8 Å². The zero-order valence-corrected chi connectivity index (χ0v) is 19.5. The highest BCUT2D eigenvalue weighted by Crippen LogP contribution is 2.29. The maximum atomic E-state index is 12.4. The molecule has 0 saturated heterocycles. The van der Waals surface area contributed by atoms with Crippen LogP contribution in [0.3, 0.4) is 0 Å². The van der Waals surface area contributed by atoms with E-state index < -0.39 is 0 Å². The quantitative estimate of drug-likeness (QED) is 0.497. The van der Waals surface area contributed by atoms with Gasteiger partial charge in [-0.25, -0.2) is 0 Å². The first kappa shape index (κ1) is 23.3. The van der Waals surface area contributed by atoms with Gasteiger partial charge in [-0.2, -0.15) is 0 Å². The smallest absolute Gasteiger partial charge is 0.277 e. The third-order valence-electron chi connectivity index (χ3n) is 4.53. The van der Waals surface area contributed by atoms with Gasteiger partial charge in [0.1, 0.15) is 5.75 Å². The van der Waals surface area contributed by atoms with Crippen molar-refractivity contribution in [1.82, 2.24) is 10.2 Å². The van der Waals surface area contributed by atoms with Crippen molar-refractivity contribution >= 4 is 35.0 Å². The average molecular weight is 455 g/mol. The standard InChI is InChI=1S/C23H26N4O4S/c1-14(28)24-17-10-11-19(30-5)18(12-17)25-20(29)13-32-22-27-26-21(31-22)15-6-8-16(9-7-15)23(2,3)4/h6-12H,13H2,1-5H3,(H,24,28)(H,25,29). The van der Waals surface area contributed by atoms with E-state index in [0.717, 1.165) is 17.3 Å². The second-order valence-electron chi connectivity index (χ2n) is 8.13. The van der Waals surface area contributed by atoms with Crippen LogP contribution in [0, 0.1) is 0 Å². The highest BCUT2D eigenvalue weighted by atomic mass is 32.2. The lowest BCUT2D eigenvalue weighted by Crippen LogP contribution is -2.15. The van der Waals surface area contributed by atoms with E-state index in [4.69, 9.17) is 9.15 Å². The Morgan fingerprint density at radius 2 is 1.78 bits per heavy atom. The van der Waals surface area contributed by atoms with E-state index in [-0.39, 0.29) is 23.0 Å². The van der Waals surface area contributed by atoms with Crippen molar-refractivity contribution in [3.8, 4) is 17.2 Å². The van der Waals surface area contributed by atoms with Crippen molar-refractivity contribution in [1.29, 1.82) is 0 Å². The van der Waals surface area contributed by atoms with E-state index in [0.29, 0.717) is 28.2 Å². The van der Waals surface area contributed by atoms with Crippen molar-refractivity contribution in [3.63, 3.8) is 0 Å². The van der Waals surface area contributed by atoms with Crippen LogP contribution in [-0.4, -0.2) is 34.9 Å². The van der Waals surface area contributed by atoms with Gasteiger partial charge in [0.2, 0.25) is 17.7 Å². The van der Waals surface area contributed by atoms with E-state index in [9.17, 15) is 9.59 Å². The molecule has 0 saturated carbocycles. The fourth-order valence-corrected chi connectivity index (χ4v) is 3.46. The Morgan fingerprint density at radius 3 is 2.41 bits per heavy atom. The Morgan fingerprint density at radius 1 is 1.06 bits per heavy atom. The number of nitrogens with zero attached hydrogens (tertiary/aromatic N) is 2. The Labute approximate surface area is 191 Å². The molecule has 0 unspecified atom stereocenters. The molecule has 0 radical (unpaired) electrons. The van der Waals surface area contributed by atoms with Gasteiger partial charge >= 0.3 is 0 Å². The topological polar surface area (TPSA) is 106 Å². The van der Waals surface area contributed by atoms with Gasteiger partial charge in [0.05, 0.1) is 18.6 Å². The molecule has 0 spiro atoms. The second kappa shape index (κ2) is 9.86. The highest BCUT2D eigenvalue weighted by molar-refractivity contribution is 7.99. The highest BCUT2D eigenvalue weighted by Gasteiger charge is 2.16. The Kier molecular flexibility index (Phi) is 7.19. The molecule has 32 heavy (non-hydrogen) atoms. The summed E-state index contributed by atoms with van der Waals surface area (Å²) in [6, 6.07) is 13.0. The van der Waals surface area contributed by atoms with Crippen LogP contribution in [0.2, 0.25) is 0 Å². The van der Waals surface area contributed by atoms with Crippen molar-refractivity contribution in [2.24, 2.45) is 0 Å². The third-order valence-corrected chi connectivity index (χ3v) is 5.34. The first-order valence-corrected chi connectivity index (χ1v) is 11.0. The number of thioether (sulfide) groups is 1. The second-order valence-corrected chi connectivity index (χ2v) is 9.06. The average Bonchev–Trinajstić information content (AvgIpc) is 3.21. The first-order valence-electron chi connectivity index (χ1n) is 9.98. The number of benzene rings is 2. The molecular weight excluding hydrogens is 428 g/mol. The third kappa shape index (κ3) is 6.10. The maximum absolute atomic E-state index is 12.4. The lowest BCUT2D eigenvalue weighted by Gasteiger charge is -2.18. The molecule has 2 amide bonds. The lowest BCUT2D eigenvalue weighted by atomic mass is 9.87. The molecule has 0 fully saturated rings. The van der Waals surface area contributed by atoms with Crippen molar-refractivity contribution < 1.29 is 18.7 Å². The Hall–Kier alpha value is -3.33. The summed E-state index contributed by atoms with van der Waals surface area (Å²) in [6.07, 6.45) is 0. The summed E-state index contributed by atoms with van der Waals surface area (Å²) in [5.41, 5.74) is 3.10. The number of hydrogen-bond donors (Lipinski definition) is 2. The van der Waals surface area contributed by atoms with Crippen LogP contribution in [0.5, 0.6) is 5.75 Å². The van der Waals surface area contributed by atoms with E-state index in [1.165, 1.54) is 19.6 Å². The molecule has 3 rings (SSSR count). The SMILES string of the molecule is COc1ccc(NC(C)=O)cc1NC(=O)CSc1nnc(-c2ccc(C(C)(C)C)cc2)o1. The van der Waals surface area contributed by atoms with E-state index >= 15 is 0 Å². The minimum atomic E-state index is -0.275. The normalized spacial score (nSPS) is 11.2. The summed E-state index contributed by atoms with van der Waals surface area (Å²) in [5, 5.41) is 13.8. The minimum Gasteiger partial charge on any atom is -0.495 e. The number of nitrogens with one attached hydrogen (secondary N) is 2. The Balaban J connectivity index is 1.61. The molecule has 0 aliphatic heterocycles. The number of aromatic nitrogens is 2. The van der Waals surface area contributed by atoms with Crippen molar-refractivity contribution in [3.05, 3.63) is 48.0 Å². The molecule has 8 nitrogen and oxygen atoms in total. The van der Waals surface area contributed by atoms with E-state index in [2.05, 4.69) is 41.6 Å².